The number of carbonyl (C=O) groups is 2. The molecule has 0 spiro atoms. The van der Waals surface area contributed by atoms with E-state index in [1.165, 1.54) is 18.5 Å². The lowest BCUT2D eigenvalue weighted by Crippen LogP contribution is -2.39. The van der Waals surface area contributed by atoms with Crippen LogP contribution < -0.4 is 15.5 Å². The first-order chi connectivity index (χ1) is 14.1. The molecule has 29 heavy (non-hydrogen) atoms. The second-order valence-corrected chi connectivity index (χ2v) is 8.42. The summed E-state index contributed by atoms with van der Waals surface area (Å²) in [6.45, 7) is 4.91. The van der Waals surface area contributed by atoms with E-state index < -0.39 is 5.41 Å². The molecule has 0 aromatic heterocycles. The normalized spacial score (nSPS) is 18.2. The van der Waals surface area contributed by atoms with Crippen LogP contribution in [0, 0.1) is 11.3 Å². The van der Waals surface area contributed by atoms with E-state index in [-0.39, 0.29) is 11.8 Å². The van der Waals surface area contributed by atoms with Crippen molar-refractivity contribution in [3.63, 3.8) is 0 Å². The van der Waals surface area contributed by atoms with Crippen LogP contribution >= 0.6 is 0 Å². The van der Waals surface area contributed by atoms with Crippen molar-refractivity contribution < 1.29 is 9.59 Å². The van der Waals surface area contributed by atoms with Crippen LogP contribution in [0.5, 0.6) is 0 Å². The van der Waals surface area contributed by atoms with Crippen molar-refractivity contribution >= 4 is 23.2 Å². The topological polar surface area (TPSA) is 61.4 Å². The smallest absolute Gasteiger partial charge is 0.240 e. The lowest BCUT2D eigenvalue weighted by molar-refractivity contribution is -0.134. The number of carbonyl (C=O) groups excluding carboxylic acids is 2. The second-order valence-electron chi connectivity index (χ2n) is 8.42. The van der Waals surface area contributed by atoms with Crippen LogP contribution in [0.2, 0.25) is 0 Å². The van der Waals surface area contributed by atoms with Gasteiger partial charge in [0.2, 0.25) is 11.8 Å². The van der Waals surface area contributed by atoms with Gasteiger partial charge in [-0.05, 0) is 61.4 Å². The largest absolute Gasteiger partial charge is 0.372 e. The zero-order valence-corrected chi connectivity index (χ0v) is 17.0. The molecule has 0 unspecified atom stereocenters. The van der Waals surface area contributed by atoms with Crippen LogP contribution in [-0.4, -0.2) is 24.9 Å². The molecule has 1 heterocycles. The van der Waals surface area contributed by atoms with Gasteiger partial charge in [-0.2, -0.15) is 0 Å². The molecule has 2 fully saturated rings. The first kappa shape index (κ1) is 19.5. The van der Waals surface area contributed by atoms with Crippen molar-refractivity contribution in [2.45, 2.75) is 39.2 Å². The Hall–Kier alpha value is -2.82. The van der Waals surface area contributed by atoms with Crippen LogP contribution in [0.4, 0.5) is 11.4 Å². The van der Waals surface area contributed by atoms with Gasteiger partial charge in [-0.15, -0.1) is 0 Å². The summed E-state index contributed by atoms with van der Waals surface area (Å²) >= 11 is 0. The van der Waals surface area contributed by atoms with Crippen molar-refractivity contribution in [2.24, 2.45) is 11.3 Å². The Labute approximate surface area is 172 Å². The van der Waals surface area contributed by atoms with Crippen molar-refractivity contribution in [2.75, 3.05) is 23.3 Å². The van der Waals surface area contributed by atoms with Gasteiger partial charge in [0.05, 0.1) is 0 Å². The number of benzene rings is 2. The molecule has 5 heteroatoms. The van der Waals surface area contributed by atoms with Crippen LogP contribution in [-0.2, 0) is 16.1 Å². The van der Waals surface area contributed by atoms with Crippen LogP contribution in [0.3, 0.4) is 0 Å². The summed E-state index contributed by atoms with van der Waals surface area (Å²) < 4.78 is 0. The molecular weight excluding hydrogens is 362 g/mol. The third-order valence-corrected chi connectivity index (χ3v) is 6.19. The average Bonchev–Trinajstić information content (AvgIpc) is 3.56. The maximum absolute atomic E-state index is 12.8. The molecule has 1 aliphatic carbocycles. The number of nitrogens with one attached hydrogen (secondary N) is 2. The molecule has 1 saturated heterocycles. The van der Waals surface area contributed by atoms with Gasteiger partial charge in [0.25, 0.3) is 0 Å². The molecule has 1 saturated carbocycles. The molecule has 152 valence electrons. The number of rotatable bonds is 6. The fourth-order valence-corrected chi connectivity index (χ4v) is 3.90. The Morgan fingerprint density at radius 1 is 0.966 bits per heavy atom. The predicted octanol–water partition coefficient (Wildman–Crippen LogP) is 3.96. The van der Waals surface area contributed by atoms with Gasteiger partial charge in [0, 0.05) is 31.0 Å². The molecular formula is C24H29N3O2. The summed E-state index contributed by atoms with van der Waals surface area (Å²) in [5.41, 5.74) is 2.04. The SMILES string of the molecule is CC1CCN(c2ccc(NC(=O)C3(C(=O)NCc4ccccc4)CC3)cc2)CC1. The zero-order valence-electron chi connectivity index (χ0n) is 17.0. The van der Waals surface area contributed by atoms with E-state index >= 15 is 0 Å². The molecule has 2 aromatic carbocycles. The van der Waals surface area contributed by atoms with Gasteiger partial charge in [-0.3, -0.25) is 9.59 Å². The molecule has 2 aromatic rings. The highest BCUT2D eigenvalue weighted by Crippen LogP contribution is 2.47. The van der Waals surface area contributed by atoms with Crippen LogP contribution in [0.15, 0.2) is 54.6 Å². The van der Waals surface area contributed by atoms with Gasteiger partial charge in [-0.25, -0.2) is 0 Å². The van der Waals surface area contributed by atoms with Crippen molar-refractivity contribution in [1.29, 1.82) is 0 Å². The Bertz CT molecular complexity index is 851. The maximum Gasteiger partial charge on any atom is 0.240 e. The number of hydrogen-bond donors (Lipinski definition) is 2. The van der Waals surface area contributed by atoms with E-state index in [1.807, 2.05) is 42.5 Å². The van der Waals surface area contributed by atoms with Crippen molar-refractivity contribution in [3.8, 4) is 0 Å². The van der Waals surface area contributed by atoms with E-state index in [1.54, 1.807) is 0 Å². The Balaban J connectivity index is 1.33. The Morgan fingerprint density at radius 3 is 2.24 bits per heavy atom. The van der Waals surface area contributed by atoms with Gasteiger partial charge in [0.1, 0.15) is 5.41 Å². The molecule has 2 N–H and O–H groups in total. The standard InChI is InChI=1S/C24H29N3O2/c1-18-11-15-27(16-12-18)21-9-7-20(8-10-21)26-23(29)24(13-14-24)22(28)25-17-19-5-3-2-4-6-19/h2-10,18H,11-17H2,1H3,(H,25,28)(H,26,29). The molecule has 5 nitrogen and oxygen atoms in total. The lowest BCUT2D eigenvalue weighted by atomic mass is 9.99. The summed E-state index contributed by atoms with van der Waals surface area (Å²) in [6, 6.07) is 17.7. The molecule has 4 rings (SSSR count). The minimum Gasteiger partial charge on any atom is -0.372 e. The zero-order chi connectivity index (χ0) is 20.3. The van der Waals surface area contributed by atoms with Gasteiger partial charge in [0.15, 0.2) is 0 Å². The minimum atomic E-state index is -0.920. The van der Waals surface area contributed by atoms with Crippen LogP contribution in [0.1, 0.15) is 38.2 Å². The van der Waals surface area contributed by atoms with Gasteiger partial charge in [-0.1, -0.05) is 37.3 Å². The molecule has 0 radical (unpaired) electrons. The summed E-state index contributed by atoms with van der Waals surface area (Å²) in [5, 5.41) is 5.86. The van der Waals surface area contributed by atoms with Gasteiger partial charge < -0.3 is 15.5 Å². The van der Waals surface area contributed by atoms with Crippen molar-refractivity contribution in [3.05, 3.63) is 60.2 Å². The maximum atomic E-state index is 12.8. The van der Waals surface area contributed by atoms with E-state index in [0.717, 1.165) is 30.3 Å². The molecule has 2 amide bonds. The lowest BCUT2D eigenvalue weighted by Gasteiger charge is -2.32. The summed E-state index contributed by atoms with van der Waals surface area (Å²) in [7, 11) is 0. The number of hydrogen-bond acceptors (Lipinski definition) is 3. The number of piperidine rings is 1. The van der Waals surface area contributed by atoms with E-state index in [0.29, 0.717) is 19.4 Å². The Kier molecular flexibility index (Phi) is 5.56. The highest BCUT2D eigenvalue weighted by atomic mass is 16.2. The quantitative estimate of drug-likeness (QED) is 0.733. The Morgan fingerprint density at radius 2 is 1.62 bits per heavy atom. The fourth-order valence-electron chi connectivity index (χ4n) is 3.90. The minimum absolute atomic E-state index is 0.182. The van der Waals surface area contributed by atoms with E-state index in [2.05, 4.69) is 34.6 Å². The molecule has 1 aliphatic heterocycles. The van der Waals surface area contributed by atoms with Crippen LogP contribution in [0.25, 0.3) is 0 Å². The highest BCUT2D eigenvalue weighted by Gasteiger charge is 2.56. The van der Waals surface area contributed by atoms with Crippen molar-refractivity contribution in [1.82, 2.24) is 5.32 Å². The number of nitrogens with zero attached hydrogens (tertiary/aromatic N) is 1. The third kappa shape index (κ3) is 4.44. The predicted molar refractivity (Wildman–Crippen MR) is 116 cm³/mol. The van der Waals surface area contributed by atoms with Gasteiger partial charge >= 0.3 is 0 Å². The number of amides is 2. The fraction of sp³-hybridized carbons (Fsp3) is 0.417. The summed E-state index contributed by atoms with van der Waals surface area (Å²) in [4.78, 5) is 27.8. The van der Waals surface area contributed by atoms with E-state index in [4.69, 9.17) is 0 Å². The van der Waals surface area contributed by atoms with E-state index in [9.17, 15) is 9.59 Å². The first-order valence-electron chi connectivity index (χ1n) is 10.6. The molecule has 2 aliphatic rings. The first-order valence-corrected chi connectivity index (χ1v) is 10.6. The second kappa shape index (κ2) is 8.27. The highest BCUT2D eigenvalue weighted by molar-refractivity contribution is 6.13. The summed E-state index contributed by atoms with van der Waals surface area (Å²) in [6.07, 6.45) is 3.64. The average molecular weight is 392 g/mol. The number of anilines is 2. The molecule has 0 bridgehead atoms. The molecule has 0 atom stereocenters. The summed E-state index contributed by atoms with van der Waals surface area (Å²) in [5.74, 6) is 0.410. The third-order valence-electron chi connectivity index (χ3n) is 6.19. The monoisotopic (exact) mass is 391 g/mol.